The van der Waals surface area contributed by atoms with Crippen LogP contribution < -0.4 is 15.4 Å². The van der Waals surface area contributed by atoms with E-state index in [1.807, 2.05) is 51.1 Å². The van der Waals surface area contributed by atoms with Crippen molar-refractivity contribution in [3.63, 3.8) is 0 Å². The van der Waals surface area contributed by atoms with Crippen molar-refractivity contribution in [1.29, 1.82) is 0 Å². The van der Waals surface area contributed by atoms with Crippen molar-refractivity contribution in [1.82, 2.24) is 34.8 Å². The average Bonchev–Trinajstić information content (AvgIpc) is 3.69. The molecule has 3 heterocycles. The Balaban J connectivity index is 1.46. The van der Waals surface area contributed by atoms with Gasteiger partial charge in [-0.2, -0.15) is 0 Å². The number of halogens is 1. The van der Waals surface area contributed by atoms with E-state index in [2.05, 4.69) is 20.6 Å². The number of aromatic nitrogens is 3. The molecule has 254 valence electrons. The van der Waals surface area contributed by atoms with E-state index in [0.29, 0.717) is 30.9 Å². The monoisotopic (exact) mass is 657 g/mol. The zero-order valence-corrected chi connectivity index (χ0v) is 28.1. The fraction of sp³-hybridized carbons (Fsp3) is 0.417. The number of likely N-dealkylation sites (N-methyl/N-ethyl adjacent to an activating group) is 1. The number of carbonyl (C=O) groups is 3. The van der Waals surface area contributed by atoms with Crippen LogP contribution in [0, 0.1) is 11.2 Å². The van der Waals surface area contributed by atoms with Crippen LogP contribution in [-0.4, -0.2) is 92.8 Å². The van der Waals surface area contributed by atoms with Gasteiger partial charge in [-0.05, 0) is 61.7 Å². The second kappa shape index (κ2) is 14.9. The molecule has 4 aromatic rings. The third-order valence-corrected chi connectivity index (χ3v) is 8.69. The highest BCUT2D eigenvalue weighted by Gasteiger charge is 2.44. The maximum Gasteiger partial charge on any atom is 0.274 e. The normalized spacial score (nSPS) is 17.6. The van der Waals surface area contributed by atoms with E-state index in [1.54, 1.807) is 65.0 Å². The fourth-order valence-electron chi connectivity index (χ4n) is 5.85. The van der Waals surface area contributed by atoms with Crippen LogP contribution >= 0.6 is 0 Å². The molecule has 1 aliphatic heterocycles. The Hall–Kier alpha value is -4.84. The van der Waals surface area contributed by atoms with Gasteiger partial charge in [0.2, 0.25) is 17.6 Å². The first-order chi connectivity index (χ1) is 22.9. The molecule has 5 rings (SSSR count). The van der Waals surface area contributed by atoms with Crippen LogP contribution in [0.25, 0.3) is 5.78 Å². The molecule has 4 atom stereocenters. The minimum absolute atomic E-state index is 0.194. The Kier molecular flexibility index (Phi) is 10.7. The summed E-state index contributed by atoms with van der Waals surface area (Å²) in [5.74, 6) is -0.0984. The van der Waals surface area contributed by atoms with Crippen LogP contribution in [0.5, 0.6) is 5.75 Å². The van der Waals surface area contributed by atoms with E-state index < -0.39 is 23.5 Å². The van der Waals surface area contributed by atoms with E-state index >= 15 is 0 Å². The van der Waals surface area contributed by atoms with Crippen LogP contribution in [0.15, 0.2) is 79.3 Å². The number of likely N-dealkylation sites (tertiary alicyclic amines) is 1. The topological polar surface area (TPSA) is 121 Å². The number of fused-ring (bicyclic) bond motifs is 1. The molecule has 1 fully saturated rings. The maximum atomic E-state index is 14.5. The van der Waals surface area contributed by atoms with Gasteiger partial charge in [0.25, 0.3) is 5.91 Å². The number of nitrogens with one attached hydrogen (secondary N) is 2. The molecule has 1 saturated heterocycles. The van der Waals surface area contributed by atoms with Gasteiger partial charge in [0, 0.05) is 38.1 Å². The van der Waals surface area contributed by atoms with E-state index in [-0.39, 0.29) is 48.4 Å². The van der Waals surface area contributed by atoms with Gasteiger partial charge in [-0.15, -0.1) is 0 Å². The van der Waals surface area contributed by atoms with Crippen LogP contribution in [0.4, 0.5) is 4.39 Å². The lowest BCUT2D eigenvalue weighted by Crippen LogP contribution is -2.59. The second-order valence-electron chi connectivity index (χ2n) is 13.3. The van der Waals surface area contributed by atoms with E-state index in [9.17, 15) is 18.8 Å². The summed E-state index contributed by atoms with van der Waals surface area (Å²) >= 11 is 0. The SMILES string of the molecule is CN[C@@H](C)C(=O)N[C@H](C(=O)N1C[C@@H](Oc2ccccc2)CC1CN(CCc1ccc(F)cc1)C(=O)c1cn2cccnc2n1)C(C)(C)C. The van der Waals surface area contributed by atoms with Crippen LogP contribution in [0.2, 0.25) is 0 Å². The molecule has 1 unspecified atom stereocenters. The first-order valence-electron chi connectivity index (χ1n) is 16.3. The standard InChI is InChI=1S/C36H44FN7O4/c1-24(38-5)32(45)41-31(36(2,3)4)34(47)44-22-29(48-28-10-7-6-8-11-28)20-27(44)21-42(19-16-25-12-14-26(37)15-13-25)33(46)30-23-43-18-9-17-39-35(43)40-30/h6-15,17-18,23-24,27,29,31,38H,16,19-22H2,1-5H3,(H,41,45)/t24-,27?,29-,31+/m0/s1. The number of carbonyl (C=O) groups excluding carboxylic acids is 3. The lowest BCUT2D eigenvalue weighted by molar-refractivity contribution is -0.141. The molecule has 48 heavy (non-hydrogen) atoms. The number of rotatable bonds is 12. The zero-order valence-electron chi connectivity index (χ0n) is 28.1. The summed E-state index contributed by atoms with van der Waals surface area (Å²) in [6.45, 7) is 8.26. The van der Waals surface area contributed by atoms with Crippen molar-refractivity contribution in [2.75, 3.05) is 26.7 Å². The minimum atomic E-state index is -0.827. The maximum absolute atomic E-state index is 14.5. The van der Waals surface area contributed by atoms with Crippen molar-refractivity contribution in [2.45, 2.75) is 64.8 Å². The van der Waals surface area contributed by atoms with Crippen LogP contribution in [-0.2, 0) is 16.0 Å². The van der Waals surface area contributed by atoms with Crippen molar-refractivity contribution < 1.29 is 23.5 Å². The summed E-state index contributed by atoms with van der Waals surface area (Å²) in [6, 6.07) is 15.6. The minimum Gasteiger partial charge on any atom is -0.489 e. The number of amides is 3. The molecule has 0 bridgehead atoms. The summed E-state index contributed by atoms with van der Waals surface area (Å²) in [5.41, 5.74) is 0.483. The van der Waals surface area contributed by atoms with Gasteiger partial charge in [0.1, 0.15) is 29.4 Å². The fourth-order valence-corrected chi connectivity index (χ4v) is 5.85. The Bertz CT molecular complexity index is 1670. The largest absolute Gasteiger partial charge is 0.489 e. The lowest BCUT2D eigenvalue weighted by Gasteiger charge is -2.37. The molecule has 11 nitrogen and oxygen atoms in total. The van der Waals surface area contributed by atoms with Gasteiger partial charge in [-0.1, -0.05) is 51.1 Å². The summed E-state index contributed by atoms with van der Waals surface area (Å²) in [5, 5.41) is 5.91. The molecule has 2 aromatic heterocycles. The molecular formula is C36H44FN7O4. The quantitative estimate of drug-likeness (QED) is 0.238. The first-order valence-corrected chi connectivity index (χ1v) is 16.3. The summed E-state index contributed by atoms with van der Waals surface area (Å²) < 4.78 is 21.7. The van der Waals surface area contributed by atoms with Crippen molar-refractivity contribution in [2.24, 2.45) is 5.41 Å². The Morgan fingerprint density at radius 2 is 1.81 bits per heavy atom. The van der Waals surface area contributed by atoms with Crippen LogP contribution in [0.1, 0.15) is 50.2 Å². The van der Waals surface area contributed by atoms with Gasteiger partial charge in [0.05, 0.1) is 18.6 Å². The van der Waals surface area contributed by atoms with Gasteiger partial charge < -0.3 is 25.2 Å². The van der Waals surface area contributed by atoms with E-state index in [1.165, 1.54) is 12.1 Å². The first kappa shape index (κ1) is 34.5. The van der Waals surface area contributed by atoms with E-state index in [4.69, 9.17) is 4.74 Å². The Labute approximate surface area is 280 Å². The molecule has 0 saturated carbocycles. The van der Waals surface area contributed by atoms with Gasteiger partial charge >= 0.3 is 0 Å². The number of hydrogen-bond donors (Lipinski definition) is 2. The summed E-state index contributed by atoms with van der Waals surface area (Å²) in [7, 11) is 1.69. The highest BCUT2D eigenvalue weighted by molar-refractivity contribution is 5.93. The number of imidazole rings is 1. The second-order valence-corrected chi connectivity index (χ2v) is 13.3. The number of nitrogens with zero attached hydrogens (tertiary/aromatic N) is 5. The molecule has 3 amide bonds. The molecule has 0 aliphatic carbocycles. The highest BCUT2D eigenvalue weighted by Crippen LogP contribution is 2.29. The third kappa shape index (κ3) is 8.35. The smallest absolute Gasteiger partial charge is 0.274 e. The average molecular weight is 658 g/mol. The van der Waals surface area contributed by atoms with Gasteiger partial charge in [-0.3, -0.25) is 18.8 Å². The number of benzene rings is 2. The lowest BCUT2D eigenvalue weighted by atomic mass is 9.85. The zero-order chi connectivity index (χ0) is 34.4. The highest BCUT2D eigenvalue weighted by atomic mass is 19.1. The molecule has 12 heteroatoms. The number of hydrogen-bond acceptors (Lipinski definition) is 7. The van der Waals surface area contributed by atoms with Crippen molar-refractivity contribution in [3.8, 4) is 5.75 Å². The molecular weight excluding hydrogens is 613 g/mol. The number of ether oxygens (including phenoxy) is 1. The molecule has 0 radical (unpaired) electrons. The summed E-state index contributed by atoms with van der Waals surface area (Å²) in [4.78, 5) is 53.8. The Morgan fingerprint density at radius 3 is 2.48 bits per heavy atom. The predicted octanol–water partition coefficient (Wildman–Crippen LogP) is 3.74. The van der Waals surface area contributed by atoms with E-state index in [0.717, 1.165) is 5.56 Å². The molecule has 2 aromatic carbocycles. The Morgan fingerprint density at radius 1 is 1.08 bits per heavy atom. The van der Waals surface area contributed by atoms with Crippen molar-refractivity contribution in [3.05, 3.63) is 96.3 Å². The van der Waals surface area contributed by atoms with Gasteiger partial charge in [0.15, 0.2) is 0 Å². The summed E-state index contributed by atoms with van der Waals surface area (Å²) in [6.07, 6.45) is 5.61. The van der Waals surface area contributed by atoms with Crippen molar-refractivity contribution >= 4 is 23.5 Å². The third-order valence-electron chi connectivity index (χ3n) is 8.69. The predicted molar refractivity (Wildman–Crippen MR) is 180 cm³/mol. The number of para-hydroxylation sites is 1. The van der Waals surface area contributed by atoms with Gasteiger partial charge in [-0.25, -0.2) is 14.4 Å². The molecule has 1 aliphatic rings. The molecule has 2 N–H and O–H groups in total. The van der Waals surface area contributed by atoms with Crippen LogP contribution in [0.3, 0.4) is 0 Å². The molecule has 0 spiro atoms.